The number of hydrogen-bond acceptors (Lipinski definition) is 3. The maximum atomic E-state index is 11.2. The predicted octanol–water partition coefficient (Wildman–Crippen LogP) is 4.73. The molecule has 1 rings (SSSR count). The molecule has 0 radical (unpaired) electrons. The molecular formula is C20H28O4. The first-order valence-corrected chi connectivity index (χ1v) is 8.46. The number of carboxylic acid groups (broad SMARTS) is 1. The van der Waals surface area contributed by atoms with Crippen molar-refractivity contribution in [2.75, 3.05) is 6.61 Å². The fourth-order valence-corrected chi connectivity index (χ4v) is 2.45. The summed E-state index contributed by atoms with van der Waals surface area (Å²) in [5.74, 6) is -1.07. The molecule has 0 aliphatic carbocycles. The van der Waals surface area contributed by atoms with Gasteiger partial charge in [-0.25, -0.2) is 9.59 Å². The van der Waals surface area contributed by atoms with E-state index in [0.29, 0.717) is 18.6 Å². The molecule has 0 bridgehead atoms. The number of allylic oxidation sites excluding steroid dienone is 5. The van der Waals surface area contributed by atoms with Gasteiger partial charge in [-0.2, -0.15) is 0 Å². The van der Waals surface area contributed by atoms with Crippen LogP contribution in [0.3, 0.4) is 0 Å². The van der Waals surface area contributed by atoms with Gasteiger partial charge in [-0.05, 0) is 64.9 Å². The van der Waals surface area contributed by atoms with Crippen LogP contribution in [0, 0.1) is 0 Å². The molecule has 0 fully saturated rings. The average Bonchev–Trinajstić information content (AvgIpc) is 2.90. The Bertz CT molecular complexity index is 572. The molecule has 1 heterocycles. The van der Waals surface area contributed by atoms with E-state index in [4.69, 9.17) is 4.74 Å². The average molecular weight is 332 g/mol. The van der Waals surface area contributed by atoms with Gasteiger partial charge in [-0.15, -0.1) is 0 Å². The number of rotatable bonds is 10. The Morgan fingerprint density at radius 1 is 1.12 bits per heavy atom. The highest BCUT2D eigenvalue weighted by molar-refractivity contribution is 5.86. The molecule has 24 heavy (non-hydrogen) atoms. The van der Waals surface area contributed by atoms with Crippen molar-refractivity contribution >= 4 is 11.9 Å². The van der Waals surface area contributed by atoms with Crippen LogP contribution in [0.25, 0.3) is 0 Å². The number of cyclic esters (lactones) is 1. The molecule has 0 amide bonds. The second kappa shape index (κ2) is 10.6. The van der Waals surface area contributed by atoms with Crippen molar-refractivity contribution in [1.82, 2.24) is 0 Å². The second-order valence-electron chi connectivity index (χ2n) is 6.39. The van der Waals surface area contributed by atoms with Crippen LogP contribution in [0.1, 0.15) is 59.3 Å². The number of carboxylic acids is 1. The number of hydrogen-bond donors (Lipinski definition) is 1. The van der Waals surface area contributed by atoms with Crippen molar-refractivity contribution in [3.63, 3.8) is 0 Å². The van der Waals surface area contributed by atoms with Crippen LogP contribution in [0.2, 0.25) is 0 Å². The molecule has 0 aromatic rings. The van der Waals surface area contributed by atoms with E-state index in [1.165, 1.54) is 11.1 Å². The summed E-state index contributed by atoms with van der Waals surface area (Å²) in [4.78, 5) is 22.2. The van der Waals surface area contributed by atoms with Gasteiger partial charge in [0.25, 0.3) is 0 Å². The van der Waals surface area contributed by atoms with Gasteiger partial charge in [0.2, 0.25) is 0 Å². The highest BCUT2D eigenvalue weighted by Crippen LogP contribution is 2.16. The Morgan fingerprint density at radius 2 is 1.83 bits per heavy atom. The topological polar surface area (TPSA) is 63.6 Å². The van der Waals surface area contributed by atoms with Crippen molar-refractivity contribution in [3.05, 3.63) is 46.6 Å². The minimum absolute atomic E-state index is 0.245. The number of aliphatic carboxylic acids is 1. The molecule has 0 aromatic heterocycles. The number of ether oxygens (including phenoxy) is 1. The molecule has 1 N–H and O–H groups in total. The second-order valence-corrected chi connectivity index (χ2v) is 6.39. The maximum absolute atomic E-state index is 11.2. The van der Waals surface area contributed by atoms with Gasteiger partial charge in [0.1, 0.15) is 6.61 Å². The van der Waals surface area contributed by atoms with E-state index in [0.717, 1.165) is 37.7 Å². The van der Waals surface area contributed by atoms with E-state index in [-0.39, 0.29) is 5.97 Å². The third kappa shape index (κ3) is 8.51. The van der Waals surface area contributed by atoms with E-state index in [1.54, 1.807) is 6.08 Å². The van der Waals surface area contributed by atoms with Gasteiger partial charge in [0, 0.05) is 11.6 Å². The van der Waals surface area contributed by atoms with E-state index in [2.05, 4.69) is 19.1 Å². The molecule has 0 atom stereocenters. The highest BCUT2D eigenvalue weighted by atomic mass is 16.5. The minimum atomic E-state index is -0.823. The minimum Gasteiger partial charge on any atom is -0.478 e. The summed E-state index contributed by atoms with van der Waals surface area (Å²) in [5, 5.41) is 9.24. The lowest BCUT2D eigenvalue weighted by Gasteiger charge is -2.03. The van der Waals surface area contributed by atoms with Crippen molar-refractivity contribution in [2.45, 2.75) is 59.3 Å². The van der Waals surface area contributed by atoms with E-state index in [1.807, 2.05) is 19.9 Å². The summed E-state index contributed by atoms with van der Waals surface area (Å²) >= 11 is 0. The van der Waals surface area contributed by atoms with Crippen molar-refractivity contribution in [2.24, 2.45) is 0 Å². The third-order valence-electron chi connectivity index (χ3n) is 3.85. The zero-order valence-electron chi connectivity index (χ0n) is 14.9. The fourth-order valence-electron chi connectivity index (χ4n) is 2.45. The van der Waals surface area contributed by atoms with Crippen LogP contribution in [0.15, 0.2) is 46.6 Å². The zero-order valence-corrected chi connectivity index (χ0v) is 14.9. The van der Waals surface area contributed by atoms with E-state index in [9.17, 15) is 14.7 Å². The lowest BCUT2D eigenvalue weighted by atomic mass is 10.0. The zero-order chi connectivity index (χ0) is 17.9. The first-order chi connectivity index (χ1) is 11.4. The molecule has 0 saturated heterocycles. The summed E-state index contributed by atoms with van der Waals surface area (Å²) in [6, 6.07) is 0. The Morgan fingerprint density at radius 3 is 2.42 bits per heavy atom. The van der Waals surface area contributed by atoms with E-state index < -0.39 is 5.97 Å². The maximum Gasteiger partial charge on any atom is 0.331 e. The molecule has 0 aromatic carbocycles. The van der Waals surface area contributed by atoms with Crippen LogP contribution in [-0.2, 0) is 14.3 Å². The van der Waals surface area contributed by atoms with Gasteiger partial charge in [0.05, 0.1) is 0 Å². The monoisotopic (exact) mass is 332 g/mol. The molecular weight excluding hydrogens is 304 g/mol. The highest BCUT2D eigenvalue weighted by Gasteiger charge is 2.11. The van der Waals surface area contributed by atoms with Gasteiger partial charge < -0.3 is 9.84 Å². The molecule has 4 nitrogen and oxygen atoms in total. The SMILES string of the molecule is CC(C)=CCC/C(=C\CC/C(C)=C/CCC1=CC(=O)OC1)C(=O)O. The Labute approximate surface area is 144 Å². The molecule has 1 aliphatic heterocycles. The molecule has 0 spiro atoms. The largest absolute Gasteiger partial charge is 0.478 e. The molecule has 0 saturated carbocycles. The van der Waals surface area contributed by atoms with Crippen LogP contribution in [0.4, 0.5) is 0 Å². The Kier molecular flexibility index (Phi) is 8.84. The van der Waals surface area contributed by atoms with Gasteiger partial charge in [-0.1, -0.05) is 29.4 Å². The molecule has 132 valence electrons. The van der Waals surface area contributed by atoms with Crippen LogP contribution >= 0.6 is 0 Å². The smallest absolute Gasteiger partial charge is 0.331 e. The summed E-state index contributed by atoms with van der Waals surface area (Å²) in [5.41, 5.74) is 3.98. The van der Waals surface area contributed by atoms with Crippen LogP contribution in [-0.4, -0.2) is 23.7 Å². The van der Waals surface area contributed by atoms with Crippen molar-refractivity contribution < 1.29 is 19.4 Å². The quantitative estimate of drug-likeness (QED) is 0.357. The van der Waals surface area contributed by atoms with Crippen LogP contribution < -0.4 is 0 Å². The summed E-state index contributed by atoms with van der Waals surface area (Å²) in [6.45, 7) is 6.51. The van der Waals surface area contributed by atoms with Gasteiger partial charge in [-0.3, -0.25) is 0 Å². The normalized spacial score (nSPS) is 15.1. The summed E-state index contributed by atoms with van der Waals surface area (Å²) < 4.78 is 4.86. The van der Waals surface area contributed by atoms with Gasteiger partial charge >= 0.3 is 11.9 Å². The first-order valence-electron chi connectivity index (χ1n) is 8.46. The van der Waals surface area contributed by atoms with Crippen molar-refractivity contribution in [1.29, 1.82) is 0 Å². The summed E-state index contributed by atoms with van der Waals surface area (Å²) in [7, 11) is 0. The fraction of sp³-hybridized carbons (Fsp3) is 0.500. The van der Waals surface area contributed by atoms with E-state index >= 15 is 0 Å². The first kappa shape index (κ1) is 19.9. The standard InChI is InChI=1S/C20H28O4/c1-15(2)7-4-11-18(20(22)23)12-6-9-16(3)8-5-10-17-13-19(21)24-14-17/h7-8,12-13H,4-6,9-11,14H2,1-3H3,(H,22,23)/b16-8+,18-12+. The number of carbonyl (C=O) groups excluding carboxylic acids is 1. The van der Waals surface area contributed by atoms with Crippen LogP contribution in [0.5, 0.6) is 0 Å². The van der Waals surface area contributed by atoms with Crippen molar-refractivity contribution in [3.8, 4) is 0 Å². The third-order valence-corrected chi connectivity index (χ3v) is 3.85. The predicted molar refractivity (Wildman–Crippen MR) is 95.7 cm³/mol. The molecule has 4 heteroatoms. The number of carbonyl (C=O) groups is 2. The Balaban J connectivity index is 2.37. The number of esters is 1. The lowest BCUT2D eigenvalue weighted by Crippen LogP contribution is -2.00. The summed E-state index contributed by atoms with van der Waals surface area (Å²) in [6.07, 6.45) is 12.3. The molecule has 1 aliphatic rings. The lowest BCUT2D eigenvalue weighted by molar-refractivity contribution is -0.135. The Hall–Kier alpha value is -2.10. The molecule has 0 unspecified atom stereocenters. The van der Waals surface area contributed by atoms with Gasteiger partial charge in [0.15, 0.2) is 0 Å².